The fourth-order valence-electron chi connectivity index (χ4n) is 3.45. The molecule has 146 valence electrons. The van der Waals surface area contributed by atoms with Gasteiger partial charge < -0.3 is 0 Å². The first-order valence-electron chi connectivity index (χ1n) is 9.70. The first-order chi connectivity index (χ1) is 14.1. The van der Waals surface area contributed by atoms with Crippen LogP contribution >= 0.6 is 0 Å². The zero-order valence-electron chi connectivity index (χ0n) is 16.1. The van der Waals surface area contributed by atoms with Crippen molar-refractivity contribution in [3.8, 4) is 0 Å². The molecule has 0 spiro atoms. The highest BCUT2D eigenvalue weighted by Crippen LogP contribution is 2.23. The first-order valence-corrected chi connectivity index (χ1v) is 11.1. The number of hydrogen-bond donors (Lipinski definition) is 0. The van der Waals surface area contributed by atoms with E-state index in [-0.39, 0.29) is 0 Å². The predicted octanol–water partition coefficient (Wildman–Crippen LogP) is 5.27. The van der Waals surface area contributed by atoms with E-state index in [9.17, 15) is 8.42 Å². The van der Waals surface area contributed by atoms with Crippen molar-refractivity contribution in [1.29, 1.82) is 0 Å². The second kappa shape index (κ2) is 8.60. The van der Waals surface area contributed by atoms with Gasteiger partial charge in [-0.2, -0.15) is 4.31 Å². The summed E-state index contributed by atoms with van der Waals surface area (Å²) in [6.07, 6.45) is 0.667. The summed E-state index contributed by atoms with van der Waals surface area (Å²) >= 11 is 0. The number of rotatable bonds is 7. The number of sulfonamides is 1. The minimum Gasteiger partial charge on any atom is -0.207 e. The zero-order valence-corrected chi connectivity index (χ0v) is 16.9. The van der Waals surface area contributed by atoms with Crippen molar-refractivity contribution in [2.45, 2.75) is 17.9 Å². The molecule has 4 aromatic carbocycles. The lowest BCUT2D eigenvalue weighted by Gasteiger charge is -2.23. The summed E-state index contributed by atoms with van der Waals surface area (Å²) in [6.45, 7) is 0.775. The summed E-state index contributed by atoms with van der Waals surface area (Å²) < 4.78 is 28.6. The molecule has 0 bridgehead atoms. The smallest absolute Gasteiger partial charge is 0.207 e. The lowest BCUT2D eigenvalue weighted by atomic mass is 10.1. The van der Waals surface area contributed by atoms with Gasteiger partial charge in [-0.15, -0.1) is 0 Å². The van der Waals surface area contributed by atoms with Crippen LogP contribution < -0.4 is 0 Å². The molecule has 0 atom stereocenters. The van der Waals surface area contributed by atoms with Crippen LogP contribution in [0, 0.1) is 0 Å². The van der Waals surface area contributed by atoms with Gasteiger partial charge in [-0.25, -0.2) is 8.42 Å². The van der Waals surface area contributed by atoms with Gasteiger partial charge in [0.1, 0.15) is 0 Å². The topological polar surface area (TPSA) is 37.4 Å². The van der Waals surface area contributed by atoms with E-state index in [1.165, 1.54) is 0 Å². The summed E-state index contributed by atoms with van der Waals surface area (Å²) in [6, 6.07) is 32.9. The minimum absolute atomic E-state index is 0.334. The van der Waals surface area contributed by atoms with Gasteiger partial charge in [0, 0.05) is 13.1 Å². The maximum Gasteiger partial charge on any atom is 0.243 e. The second-order valence-corrected chi connectivity index (χ2v) is 9.01. The van der Waals surface area contributed by atoms with Gasteiger partial charge in [0.05, 0.1) is 4.90 Å². The monoisotopic (exact) mass is 401 g/mol. The average Bonchev–Trinajstić information content (AvgIpc) is 2.77. The Morgan fingerprint density at radius 3 is 1.90 bits per heavy atom. The normalized spacial score (nSPS) is 11.8. The van der Waals surface area contributed by atoms with Gasteiger partial charge in [-0.1, -0.05) is 91.0 Å². The fourth-order valence-corrected chi connectivity index (χ4v) is 4.91. The third-order valence-corrected chi connectivity index (χ3v) is 6.89. The third-order valence-electron chi connectivity index (χ3n) is 5.05. The van der Waals surface area contributed by atoms with Gasteiger partial charge in [0.2, 0.25) is 10.0 Å². The van der Waals surface area contributed by atoms with Crippen LogP contribution in [0.25, 0.3) is 10.8 Å². The van der Waals surface area contributed by atoms with Crippen LogP contribution in [0.1, 0.15) is 11.1 Å². The molecular formula is C25H23NO2S. The van der Waals surface area contributed by atoms with Crippen LogP contribution in [-0.4, -0.2) is 19.3 Å². The van der Waals surface area contributed by atoms with E-state index < -0.39 is 10.0 Å². The summed E-state index contributed by atoms with van der Waals surface area (Å²) in [5.74, 6) is 0. The maximum atomic E-state index is 13.5. The zero-order chi connectivity index (χ0) is 20.1. The molecule has 0 N–H and O–H groups in total. The highest BCUT2D eigenvalue weighted by atomic mass is 32.2. The summed E-state index contributed by atoms with van der Waals surface area (Å²) in [5.41, 5.74) is 2.10. The van der Waals surface area contributed by atoms with Crippen molar-refractivity contribution in [3.05, 3.63) is 114 Å². The third kappa shape index (κ3) is 4.56. The molecule has 0 saturated heterocycles. The van der Waals surface area contributed by atoms with Crippen LogP contribution in [0.5, 0.6) is 0 Å². The highest BCUT2D eigenvalue weighted by molar-refractivity contribution is 7.89. The van der Waals surface area contributed by atoms with Crippen LogP contribution in [0.2, 0.25) is 0 Å². The Bertz CT molecular complexity index is 1190. The molecule has 0 fully saturated rings. The van der Waals surface area contributed by atoms with E-state index in [4.69, 9.17) is 0 Å². The van der Waals surface area contributed by atoms with Gasteiger partial charge in [-0.05, 0) is 40.5 Å². The van der Waals surface area contributed by atoms with Crippen molar-refractivity contribution in [1.82, 2.24) is 4.31 Å². The molecule has 0 radical (unpaired) electrons. The molecular weight excluding hydrogens is 378 g/mol. The molecule has 0 heterocycles. The molecule has 4 rings (SSSR count). The summed E-state index contributed by atoms with van der Waals surface area (Å²) in [4.78, 5) is 0.334. The molecule has 29 heavy (non-hydrogen) atoms. The molecule has 3 nitrogen and oxygen atoms in total. The minimum atomic E-state index is -3.63. The highest BCUT2D eigenvalue weighted by Gasteiger charge is 2.24. The van der Waals surface area contributed by atoms with Crippen LogP contribution in [0.4, 0.5) is 0 Å². The van der Waals surface area contributed by atoms with E-state index in [0.717, 1.165) is 21.9 Å². The van der Waals surface area contributed by atoms with Crippen molar-refractivity contribution >= 4 is 20.8 Å². The maximum absolute atomic E-state index is 13.5. The molecule has 4 heteroatoms. The largest absolute Gasteiger partial charge is 0.243 e. The second-order valence-electron chi connectivity index (χ2n) is 7.07. The van der Waals surface area contributed by atoms with E-state index >= 15 is 0 Å². The summed E-state index contributed by atoms with van der Waals surface area (Å²) in [5, 5.41) is 1.96. The Hall–Kier alpha value is -2.95. The molecule has 0 aromatic heterocycles. The number of hydrogen-bond acceptors (Lipinski definition) is 2. The standard InChI is InChI=1S/C25H23NO2S/c27-29(28,25-16-15-23-13-7-8-14-24(23)19-25)26(20-22-11-5-2-6-12-22)18-17-21-9-3-1-4-10-21/h1-16,19H,17-18,20H2. The number of nitrogens with zero attached hydrogens (tertiary/aromatic N) is 1. The Labute approximate surface area is 172 Å². The molecule has 0 aliphatic heterocycles. The first kappa shape index (κ1) is 19.4. The number of fused-ring (bicyclic) bond motifs is 1. The van der Waals surface area contributed by atoms with E-state index in [2.05, 4.69) is 0 Å². The Morgan fingerprint density at radius 2 is 1.21 bits per heavy atom. The van der Waals surface area contributed by atoms with Crippen LogP contribution in [0.3, 0.4) is 0 Å². The Balaban J connectivity index is 1.67. The lowest BCUT2D eigenvalue weighted by Crippen LogP contribution is -2.32. The molecule has 0 saturated carbocycles. The SMILES string of the molecule is O=S(=O)(c1ccc2ccccc2c1)N(CCc1ccccc1)Cc1ccccc1. The molecule has 4 aromatic rings. The molecule has 0 aliphatic carbocycles. The van der Waals surface area contributed by atoms with Gasteiger partial charge in [0.25, 0.3) is 0 Å². The van der Waals surface area contributed by atoms with Gasteiger partial charge >= 0.3 is 0 Å². The molecule has 0 aliphatic rings. The van der Waals surface area contributed by atoms with Crippen LogP contribution in [-0.2, 0) is 23.0 Å². The van der Waals surface area contributed by atoms with Crippen molar-refractivity contribution < 1.29 is 8.42 Å². The quantitative estimate of drug-likeness (QED) is 0.423. The van der Waals surface area contributed by atoms with E-state index in [1.807, 2.05) is 91.0 Å². The number of benzene rings is 4. The van der Waals surface area contributed by atoms with E-state index in [1.54, 1.807) is 16.4 Å². The summed E-state index contributed by atoms with van der Waals surface area (Å²) in [7, 11) is -3.63. The Morgan fingerprint density at radius 1 is 0.621 bits per heavy atom. The van der Waals surface area contributed by atoms with Gasteiger partial charge in [0.15, 0.2) is 0 Å². The average molecular weight is 402 g/mol. The van der Waals surface area contributed by atoms with Crippen molar-refractivity contribution in [3.63, 3.8) is 0 Å². The molecule has 0 amide bonds. The van der Waals surface area contributed by atoms with Crippen molar-refractivity contribution in [2.24, 2.45) is 0 Å². The van der Waals surface area contributed by atoms with E-state index in [0.29, 0.717) is 24.4 Å². The van der Waals surface area contributed by atoms with Crippen LogP contribution in [0.15, 0.2) is 108 Å². The lowest BCUT2D eigenvalue weighted by molar-refractivity contribution is 0.409. The van der Waals surface area contributed by atoms with Gasteiger partial charge in [-0.3, -0.25) is 0 Å². The fraction of sp³-hybridized carbons (Fsp3) is 0.120. The van der Waals surface area contributed by atoms with Crippen molar-refractivity contribution in [2.75, 3.05) is 6.54 Å². The molecule has 0 unspecified atom stereocenters. The Kier molecular flexibility index (Phi) is 5.74. The predicted molar refractivity (Wildman–Crippen MR) is 118 cm³/mol.